The van der Waals surface area contributed by atoms with E-state index in [0.29, 0.717) is 33.9 Å². The molecule has 1 atom stereocenters. The van der Waals surface area contributed by atoms with Gasteiger partial charge in [-0.3, -0.25) is 14.6 Å². The molecular weight excluding hydrogens is 533 g/mol. The molecule has 4 amide bonds. The van der Waals surface area contributed by atoms with Crippen molar-refractivity contribution in [1.82, 2.24) is 14.9 Å². The molecule has 1 aliphatic heterocycles. The number of rotatable bonds is 8. The number of halogens is 1. The molecule has 1 aliphatic rings. The first-order valence-electron chi connectivity index (χ1n) is 12.7. The number of urea groups is 1. The van der Waals surface area contributed by atoms with Gasteiger partial charge in [0.15, 0.2) is 11.5 Å². The fraction of sp³-hybridized carbons (Fsp3) is 0.207. The Bertz CT molecular complexity index is 1610. The molecule has 1 unspecified atom stereocenters. The van der Waals surface area contributed by atoms with E-state index in [1.54, 1.807) is 44.5 Å². The van der Waals surface area contributed by atoms with Gasteiger partial charge in [-0.2, -0.15) is 0 Å². The van der Waals surface area contributed by atoms with Gasteiger partial charge in [-0.1, -0.05) is 0 Å². The van der Waals surface area contributed by atoms with Crippen molar-refractivity contribution in [3.8, 4) is 23.0 Å². The van der Waals surface area contributed by atoms with E-state index in [2.05, 4.69) is 15.3 Å². The van der Waals surface area contributed by atoms with Crippen molar-refractivity contribution in [2.75, 3.05) is 37.5 Å². The summed E-state index contributed by atoms with van der Waals surface area (Å²) in [4.78, 5) is 50.1. The summed E-state index contributed by atoms with van der Waals surface area (Å²) >= 11 is 0. The minimum Gasteiger partial charge on any atom is -0.493 e. The number of hydrogen-bond acceptors (Lipinski definition) is 8. The van der Waals surface area contributed by atoms with Crippen LogP contribution in [0.25, 0.3) is 10.9 Å². The number of aromatic nitrogens is 2. The van der Waals surface area contributed by atoms with Crippen molar-refractivity contribution in [1.29, 1.82) is 0 Å². The van der Waals surface area contributed by atoms with E-state index in [9.17, 15) is 18.8 Å². The van der Waals surface area contributed by atoms with E-state index in [1.807, 2.05) is 0 Å². The summed E-state index contributed by atoms with van der Waals surface area (Å²) in [7, 11) is 3.08. The molecular formula is C29H26FN5O6. The zero-order chi connectivity index (χ0) is 29.1. The normalized spacial score (nSPS) is 15.2. The number of carbonyl (C=O) groups is 3. The second-order valence-electron chi connectivity index (χ2n) is 9.03. The fourth-order valence-corrected chi connectivity index (χ4v) is 4.45. The molecule has 1 fully saturated rings. The van der Waals surface area contributed by atoms with Gasteiger partial charge in [0.05, 0.1) is 31.6 Å². The largest absolute Gasteiger partial charge is 0.493 e. The van der Waals surface area contributed by atoms with Crippen molar-refractivity contribution in [2.24, 2.45) is 5.92 Å². The standard InChI is InChI=1S/C29H26FN5O6/c1-4-34-16-21(28(37)35(29(34)38)18-7-5-17(30)6-8-18)27(36)33-26-10-9-19(15-32-26)41-23-11-12-31-22-14-25(40-3)24(39-2)13-20(22)23/h5-15,21H,4,16H2,1-3H3,(H,32,33,36). The average molecular weight is 560 g/mol. The number of methoxy groups -OCH3 is 2. The van der Waals surface area contributed by atoms with Crippen molar-refractivity contribution in [2.45, 2.75) is 6.92 Å². The lowest BCUT2D eigenvalue weighted by Gasteiger charge is -2.37. The number of hydrogen-bond donors (Lipinski definition) is 1. The van der Waals surface area contributed by atoms with Gasteiger partial charge in [0.2, 0.25) is 11.8 Å². The molecule has 11 nitrogen and oxygen atoms in total. The predicted octanol–water partition coefficient (Wildman–Crippen LogP) is 4.62. The Hall–Kier alpha value is -5.26. The van der Waals surface area contributed by atoms with Crippen LogP contribution in [-0.4, -0.2) is 60.0 Å². The van der Waals surface area contributed by atoms with Gasteiger partial charge in [0.25, 0.3) is 0 Å². The first-order chi connectivity index (χ1) is 19.8. The number of anilines is 2. The molecule has 2 aromatic carbocycles. The van der Waals surface area contributed by atoms with Crippen LogP contribution in [-0.2, 0) is 9.59 Å². The zero-order valence-electron chi connectivity index (χ0n) is 22.5. The van der Waals surface area contributed by atoms with Gasteiger partial charge in [0.1, 0.15) is 29.1 Å². The molecule has 2 aromatic heterocycles. The lowest BCUT2D eigenvalue weighted by atomic mass is 10.0. The van der Waals surface area contributed by atoms with Gasteiger partial charge in [0, 0.05) is 30.7 Å². The Balaban J connectivity index is 1.32. The molecule has 0 bridgehead atoms. The van der Waals surface area contributed by atoms with Gasteiger partial charge in [-0.05, 0) is 55.5 Å². The van der Waals surface area contributed by atoms with Crippen molar-refractivity contribution in [3.63, 3.8) is 0 Å². The Kier molecular flexibility index (Phi) is 7.64. The van der Waals surface area contributed by atoms with Crippen molar-refractivity contribution in [3.05, 3.63) is 72.8 Å². The van der Waals surface area contributed by atoms with Crippen LogP contribution >= 0.6 is 0 Å². The summed E-state index contributed by atoms with van der Waals surface area (Å²) in [6.45, 7) is 1.92. The number of ether oxygens (including phenoxy) is 3. The molecule has 0 saturated carbocycles. The van der Waals surface area contributed by atoms with E-state index < -0.39 is 29.6 Å². The number of fused-ring (bicyclic) bond motifs is 1. The van der Waals surface area contributed by atoms with Gasteiger partial charge >= 0.3 is 6.03 Å². The highest BCUT2D eigenvalue weighted by Crippen LogP contribution is 2.37. The highest BCUT2D eigenvalue weighted by atomic mass is 19.1. The third-order valence-electron chi connectivity index (χ3n) is 6.59. The molecule has 5 rings (SSSR count). The predicted molar refractivity (Wildman–Crippen MR) is 148 cm³/mol. The molecule has 210 valence electrons. The minimum absolute atomic E-state index is 0.0950. The topological polar surface area (TPSA) is 123 Å². The minimum atomic E-state index is -1.19. The van der Waals surface area contributed by atoms with Crippen LogP contribution in [0.1, 0.15) is 6.92 Å². The van der Waals surface area contributed by atoms with E-state index >= 15 is 0 Å². The SMILES string of the molecule is CCN1CC(C(=O)Nc2ccc(Oc3ccnc4cc(OC)c(OC)cc34)cn2)C(=O)N(c2ccc(F)cc2)C1=O. The van der Waals surface area contributed by atoms with Crippen LogP contribution in [0.15, 0.2) is 67.0 Å². The Morgan fingerprint density at radius 1 is 1.00 bits per heavy atom. The third-order valence-corrected chi connectivity index (χ3v) is 6.59. The molecule has 1 saturated heterocycles. The van der Waals surface area contributed by atoms with Crippen LogP contribution in [0.3, 0.4) is 0 Å². The first kappa shape index (κ1) is 27.3. The van der Waals surface area contributed by atoms with Crippen LogP contribution < -0.4 is 24.4 Å². The number of benzene rings is 2. The van der Waals surface area contributed by atoms with Crippen LogP contribution in [0.4, 0.5) is 20.7 Å². The zero-order valence-corrected chi connectivity index (χ0v) is 22.5. The summed E-state index contributed by atoms with van der Waals surface area (Å²) in [6, 6.07) is 12.7. The molecule has 0 aliphatic carbocycles. The number of nitrogens with zero attached hydrogens (tertiary/aromatic N) is 4. The van der Waals surface area contributed by atoms with E-state index in [-0.39, 0.29) is 24.6 Å². The average Bonchev–Trinajstić information content (AvgIpc) is 2.98. The smallest absolute Gasteiger partial charge is 0.331 e. The molecule has 41 heavy (non-hydrogen) atoms. The Morgan fingerprint density at radius 3 is 2.39 bits per heavy atom. The molecule has 4 aromatic rings. The van der Waals surface area contributed by atoms with Crippen molar-refractivity contribution < 1.29 is 33.0 Å². The summed E-state index contributed by atoms with van der Waals surface area (Å²) in [5.74, 6) is -0.891. The first-order valence-corrected chi connectivity index (χ1v) is 12.7. The summed E-state index contributed by atoms with van der Waals surface area (Å²) in [6.07, 6.45) is 3.03. The van der Waals surface area contributed by atoms with E-state index in [4.69, 9.17) is 14.2 Å². The Labute approximate surface area is 234 Å². The molecule has 0 spiro atoms. The monoisotopic (exact) mass is 559 g/mol. The fourth-order valence-electron chi connectivity index (χ4n) is 4.45. The molecule has 0 radical (unpaired) electrons. The molecule has 12 heteroatoms. The maximum atomic E-state index is 13.4. The van der Waals surface area contributed by atoms with Gasteiger partial charge in [-0.25, -0.2) is 19.1 Å². The van der Waals surface area contributed by atoms with Crippen LogP contribution in [0.2, 0.25) is 0 Å². The molecule has 1 N–H and O–H groups in total. The van der Waals surface area contributed by atoms with Crippen LogP contribution in [0.5, 0.6) is 23.0 Å². The second-order valence-corrected chi connectivity index (χ2v) is 9.03. The number of pyridine rings is 2. The number of nitrogens with one attached hydrogen (secondary N) is 1. The summed E-state index contributed by atoms with van der Waals surface area (Å²) < 4.78 is 30.2. The maximum absolute atomic E-state index is 13.4. The number of carbonyl (C=O) groups excluding carboxylic acids is 3. The Morgan fingerprint density at radius 2 is 1.73 bits per heavy atom. The van der Waals surface area contributed by atoms with E-state index in [0.717, 1.165) is 17.0 Å². The molecule has 3 heterocycles. The van der Waals surface area contributed by atoms with Gasteiger partial charge in [-0.15, -0.1) is 0 Å². The third kappa shape index (κ3) is 5.44. The maximum Gasteiger partial charge on any atom is 0.331 e. The number of imide groups is 1. The summed E-state index contributed by atoms with van der Waals surface area (Å²) in [5, 5.41) is 3.33. The quantitative estimate of drug-likeness (QED) is 0.310. The lowest BCUT2D eigenvalue weighted by Crippen LogP contribution is -2.59. The van der Waals surface area contributed by atoms with Gasteiger partial charge < -0.3 is 24.4 Å². The van der Waals surface area contributed by atoms with E-state index in [1.165, 1.54) is 36.4 Å². The second kappa shape index (κ2) is 11.5. The van der Waals surface area contributed by atoms with Crippen molar-refractivity contribution >= 4 is 40.3 Å². The number of amides is 4. The van der Waals surface area contributed by atoms with Crippen LogP contribution in [0, 0.1) is 11.7 Å². The lowest BCUT2D eigenvalue weighted by molar-refractivity contribution is -0.132. The highest BCUT2D eigenvalue weighted by Gasteiger charge is 2.43. The summed E-state index contributed by atoms with van der Waals surface area (Å²) in [5.41, 5.74) is 0.820. The highest BCUT2D eigenvalue weighted by molar-refractivity contribution is 6.23.